The van der Waals surface area contributed by atoms with Crippen LogP contribution in [-0.4, -0.2) is 24.7 Å². The van der Waals surface area contributed by atoms with Crippen LogP contribution in [0.4, 0.5) is 5.69 Å². The summed E-state index contributed by atoms with van der Waals surface area (Å²) in [4.78, 5) is 24.2. The smallest absolute Gasteiger partial charge is 0.330 e. The van der Waals surface area contributed by atoms with Crippen LogP contribution in [0.1, 0.15) is 0 Å². The molecule has 0 aliphatic carbocycles. The van der Waals surface area contributed by atoms with Crippen LogP contribution in [0, 0.1) is 0 Å². The number of fused-ring (bicyclic) bond motifs is 1. The molecule has 0 aliphatic heterocycles. The molecule has 0 saturated carbocycles. The average molecular weight is 375 g/mol. The summed E-state index contributed by atoms with van der Waals surface area (Å²) in [5.74, 6) is 0.507. The van der Waals surface area contributed by atoms with Gasteiger partial charge in [0, 0.05) is 20.2 Å². The van der Waals surface area contributed by atoms with Gasteiger partial charge in [-0.3, -0.25) is 18.7 Å². The van der Waals surface area contributed by atoms with Crippen molar-refractivity contribution in [1.29, 1.82) is 0 Å². The molecule has 2 aromatic carbocycles. The van der Waals surface area contributed by atoms with E-state index in [2.05, 4.69) is 4.72 Å². The third kappa shape index (κ3) is 2.97. The lowest BCUT2D eigenvalue weighted by molar-refractivity contribution is 0.415. The molecule has 1 aromatic heterocycles. The lowest BCUT2D eigenvalue weighted by Crippen LogP contribution is -2.37. The molecule has 0 fully saturated rings. The van der Waals surface area contributed by atoms with Crippen molar-refractivity contribution in [2.45, 2.75) is 4.90 Å². The number of nitrogens with one attached hydrogen (secondary N) is 1. The maximum absolute atomic E-state index is 12.7. The highest BCUT2D eigenvalue weighted by atomic mass is 32.2. The number of aryl methyl sites for hydroxylation is 1. The predicted octanol–water partition coefficient (Wildman–Crippen LogP) is 1.05. The van der Waals surface area contributed by atoms with E-state index in [9.17, 15) is 18.0 Å². The van der Waals surface area contributed by atoms with E-state index < -0.39 is 21.3 Å². The number of aromatic nitrogens is 2. The molecule has 136 valence electrons. The van der Waals surface area contributed by atoms with Crippen LogP contribution < -0.4 is 20.7 Å². The standard InChI is InChI=1S/C17H17N3O5S/c1-19-15-8-7-13(10-14(15)16(21)20(2)17(19)22)26(23,24)18-11-5-4-6-12(9-11)25-3/h4-10,18H,1-3H3. The van der Waals surface area contributed by atoms with Gasteiger partial charge in [-0.05, 0) is 30.3 Å². The molecule has 0 atom stereocenters. The average Bonchev–Trinajstić information content (AvgIpc) is 2.64. The van der Waals surface area contributed by atoms with Crippen LogP contribution in [0.2, 0.25) is 0 Å². The Kier molecular flexibility index (Phi) is 4.33. The van der Waals surface area contributed by atoms with Crippen LogP contribution in [0.25, 0.3) is 10.9 Å². The van der Waals surface area contributed by atoms with Crippen LogP contribution in [0.15, 0.2) is 56.9 Å². The molecule has 1 heterocycles. The maximum Gasteiger partial charge on any atom is 0.330 e. The fourth-order valence-corrected chi connectivity index (χ4v) is 3.72. The topological polar surface area (TPSA) is 99.4 Å². The molecule has 0 unspecified atom stereocenters. The van der Waals surface area contributed by atoms with Gasteiger partial charge in [0.25, 0.3) is 15.6 Å². The molecular weight excluding hydrogens is 358 g/mol. The van der Waals surface area contributed by atoms with E-state index in [1.54, 1.807) is 24.3 Å². The van der Waals surface area contributed by atoms with E-state index in [0.717, 1.165) is 4.57 Å². The van der Waals surface area contributed by atoms with Gasteiger partial charge in [0.05, 0.1) is 28.6 Å². The fraction of sp³-hybridized carbons (Fsp3) is 0.176. The predicted molar refractivity (Wildman–Crippen MR) is 98.2 cm³/mol. The first-order valence-electron chi connectivity index (χ1n) is 7.61. The molecule has 9 heteroatoms. The second kappa shape index (κ2) is 6.34. The number of hydrogen-bond acceptors (Lipinski definition) is 5. The van der Waals surface area contributed by atoms with E-state index in [4.69, 9.17) is 4.74 Å². The summed E-state index contributed by atoms with van der Waals surface area (Å²) >= 11 is 0. The van der Waals surface area contributed by atoms with Gasteiger partial charge in [-0.2, -0.15) is 0 Å². The number of hydrogen-bond donors (Lipinski definition) is 1. The first kappa shape index (κ1) is 17.7. The molecule has 0 radical (unpaired) electrons. The molecule has 0 aliphatic rings. The molecule has 0 saturated heterocycles. The Hall–Kier alpha value is -3.07. The van der Waals surface area contributed by atoms with Crippen molar-refractivity contribution in [3.05, 3.63) is 63.3 Å². The number of nitrogens with zero attached hydrogens (tertiary/aromatic N) is 2. The minimum Gasteiger partial charge on any atom is -0.497 e. The highest BCUT2D eigenvalue weighted by molar-refractivity contribution is 7.92. The van der Waals surface area contributed by atoms with Gasteiger partial charge in [-0.15, -0.1) is 0 Å². The van der Waals surface area contributed by atoms with E-state index in [1.165, 1.54) is 44.0 Å². The Morgan fingerprint density at radius 2 is 1.73 bits per heavy atom. The number of ether oxygens (including phenoxy) is 1. The largest absolute Gasteiger partial charge is 0.497 e. The quantitative estimate of drug-likeness (QED) is 0.735. The van der Waals surface area contributed by atoms with Gasteiger partial charge in [0.1, 0.15) is 5.75 Å². The highest BCUT2D eigenvalue weighted by Gasteiger charge is 2.17. The van der Waals surface area contributed by atoms with Crippen molar-refractivity contribution >= 4 is 26.6 Å². The summed E-state index contributed by atoms with van der Waals surface area (Å²) in [5.41, 5.74) is -0.342. The van der Waals surface area contributed by atoms with Gasteiger partial charge in [0.15, 0.2) is 0 Å². The summed E-state index contributed by atoms with van der Waals surface area (Å²) in [6.07, 6.45) is 0. The number of benzene rings is 2. The molecule has 3 aromatic rings. The minimum absolute atomic E-state index is 0.0800. The third-order valence-electron chi connectivity index (χ3n) is 4.07. The maximum atomic E-state index is 12.7. The first-order chi connectivity index (χ1) is 12.2. The molecule has 0 spiro atoms. The monoisotopic (exact) mass is 375 g/mol. The molecule has 0 amide bonds. The third-order valence-corrected chi connectivity index (χ3v) is 5.45. The summed E-state index contributed by atoms with van der Waals surface area (Å²) < 4.78 is 35.1. The zero-order valence-corrected chi connectivity index (χ0v) is 15.2. The molecular formula is C17H17N3O5S. The van der Waals surface area contributed by atoms with E-state index in [1.807, 2.05) is 0 Å². The first-order valence-corrected chi connectivity index (χ1v) is 9.09. The Balaban J connectivity index is 2.12. The fourth-order valence-electron chi connectivity index (χ4n) is 2.64. The zero-order valence-electron chi connectivity index (χ0n) is 14.4. The molecule has 26 heavy (non-hydrogen) atoms. The van der Waals surface area contributed by atoms with E-state index in [0.29, 0.717) is 17.0 Å². The van der Waals surface area contributed by atoms with Gasteiger partial charge in [-0.1, -0.05) is 6.07 Å². The van der Waals surface area contributed by atoms with E-state index >= 15 is 0 Å². The number of sulfonamides is 1. The Morgan fingerprint density at radius 1 is 1.00 bits per heavy atom. The van der Waals surface area contributed by atoms with Crippen LogP contribution in [0.5, 0.6) is 5.75 Å². The molecule has 1 N–H and O–H groups in total. The highest BCUT2D eigenvalue weighted by Crippen LogP contribution is 2.22. The second-order valence-electron chi connectivity index (χ2n) is 5.72. The van der Waals surface area contributed by atoms with Gasteiger partial charge < -0.3 is 4.74 Å². The van der Waals surface area contributed by atoms with Crippen molar-refractivity contribution in [1.82, 2.24) is 9.13 Å². The van der Waals surface area contributed by atoms with E-state index in [-0.39, 0.29) is 10.3 Å². The van der Waals surface area contributed by atoms with Crippen molar-refractivity contribution in [2.75, 3.05) is 11.8 Å². The molecule has 0 bridgehead atoms. The summed E-state index contributed by atoms with van der Waals surface area (Å²) in [5, 5.41) is 0.142. The van der Waals surface area contributed by atoms with Crippen LogP contribution >= 0.6 is 0 Å². The van der Waals surface area contributed by atoms with Crippen molar-refractivity contribution in [3.8, 4) is 5.75 Å². The number of rotatable bonds is 4. The van der Waals surface area contributed by atoms with Crippen molar-refractivity contribution in [3.63, 3.8) is 0 Å². The van der Waals surface area contributed by atoms with Gasteiger partial charge in [0.2, 0.25) is 0 Å². The van der Waals surface area contributed by atoms with Crippen LogP contribution in [-0.2, 0) is 24.1 Å². The Morgan fingerprint density at radius 3 is 2.42 bits per heavy atom. The van der Waals surface area contributed by atoms with Gasteiger partial charge >= 0.3 is 5.69 Å². The van der Waals surface area contributed by atoms with Crippen molar-refractivity contribution < 1.29 is 13.2 Å². The molecule has 3 rings (SSSR count). The van der Waals surface area contributed by atoms with Crippen molar-refractivity contribution in [2.24, 2.45) is 14.1 Å². The summed E-state index contributed by atoms with van der Waals surface area (Å²) in [6, 6.07) is 10.5. The Bertz CT molecular complexity index is 1230. The zero-order chi connectivity index (χ0) is 19.1. The normalized spacial score (nSPS) is 11.5. The summed E-state index contributed by atoms with van der Waals surface area (Å²) in [6.45, 7) is 0. The van der Waals surface area contributed by atoms with Crippen LogP contribution in [0.3, 0.4) is 0 Å². The molecule has 8 nitrogen and oxygen atoms in total. The second-order valence-corrected chi connectivity index (χ2v) is 7.40. The minimum atomic E-state index is -3.92. The number of anilines is 1. The van der Waals surface area contributed by atoms with Gasteiger partial charge in [-0.25, -0.2) is 13.2 Å². The SMILES string of the molecule is COc1cccc(NS(=O)(=O)c2ccc3c(c2)c(=O)n(C)c(=O)n3C)c1. The Labute approximate surface area is 149 Å². The summed E-state index contributed by atoms with van der Waals surface area (Å²) in [7, 11) is 0.427. The lowest BCUT2D eigenvalue weighted by atomic mass is 10.2. The number of methoxy groups -OCH3 is 1. The lowest BCUT2D eigenvalue weighted by Gasteiger charge is -2.11.